The van der Waals surface area contributed by atoms with Crippen LogP contribution < -0.4 is 5.32 Å². The molecule has 1 heterocycles. The Labute approximate surface area is 140 Å². The maximum absolute atomic E-state index is 13.6. The number of nitrogens with zero attached hydrogens (tertiary/aromatic N) is 1. The minimum atomic E-state index is -0.758. The molecule has 130 valence electrons. The van der Waals surface area contributed by atoms with Gasteiger partial charge in [-0.05, 0) is 31.5 Å². The fraction of sp³-hybridized carbons (Fsp3) is 0.412. The third kappa shape index (κ3) is 3.73. The van der Waals surface area contributed by atoms with Gasteiger partial charge in [-0.15, -0.1) is 0 Å². The van der Waals surface area contributed by atoms with E-state index in [0.717, 1.165) is 0 Å². The van der Waals surface area contributed by atoms with Gasteiger partial charge in [0.25, 0.3) is 0 Å². The molecule has 6 nitrogen and oxygen atoms in total. The number of ether oxygens (including phenoxy) is 2. The Bertz CT molecular complexity index is 660. The van der Waals surface area contributed by atoms with E-state index in [-0.39, 0.29) is 24.8 Å². The van der Waals surface area contributed by atoms with Crippen LogP contribution in [0.2, 0.25) is 0 Å². The molecule has 1 aliphatic rings. The molecular weight excluding hydrogens is 315 g/mol. The minimum Gasteiger partial charge on any atom is -0.460 e. The van der Waals surface area contributed by atoms with Crippen molar-refractivity contribution in [1.29, 1.82) is 0 Å². The number of amides is 2. The van der Waals surface area contributed by atoms with Crippen molar-refractivity contribution in [2.24, 2.45) is 0 Å². The number of allylic oxidation sites excluding steroid dienone is 1. The number of hydrogen-bond acceptors (Lipinski definition) is 4. The van der Waals surface area contributed by atoms with Gasteiger partial charge in [0.2, 0.25) is 0 Å². The zero-order valence-corrected chi connectivity index (χ0v) is 14.0. The SMILES string of the molecule is CCN1C(=O)N[C@H](c2cccc(F)c2)C(C(=O)OCCOC)=C1C. The standard InChI is InChI=1S/C17H21FN2O4/c1-4-20-11(2)14(16(21)24-9-8-23-3)15(19-17(20)22)12-6-5-7-13(18)10-12/h5-7,10,15H,4,8-9H2,1-3H3,(H,19,22)/t15-/m1/s1. The Morgan fingerprint density at radius 3 is 2.75 bits per heavy atom. The molecule has 0 aliphatic carbocycles. The number of nitrogens with one attached hydrogen (secondary N) is 1. The van der Waals surface area contributed by atoms with Crippen LogP contribution in [0, 0.1) is 5.82 Å². The molecule has 0 aromatic heterocycles. The van der Waals surface area contributed by atoms with Crippen LogP contribution in [-0.2, 0) is 14.3 Å². The van der Waals surface area contributed by atoms with E-state index < -0.39 is 17.8 Å². The van der Waals surface area contributed by atoms with E-state index in [0.29, 0.717) is 17.8 Å². The first-order valence-electron chi connectivity index (χ1n) is 7.69. The highest BCUT2D eigenvalue weighted by Gasteiger charge is 2.35. The van der Waals surface area contributed by atoms with Crippen molar-refractivity contribution in [1.82, 2.24) is 10.2 Å². The molecule has 1 aromatic rings. The van der Waals surface area contributed by atoms with E-state index in [2.05, 4.69) is 5.32 Å². The van der Waals surface area contributed by atoms with Crippen molar-refractivity contribution in [2.45, 2.75) is 19.9 Å². The molecule has 2 rings (SSSR count). The number of benzene rings is 1. The van der Waals surface area contributed by atoms with Crippen LogP contribution in [0.5, 0.6) is 0 Å². The molecule has 0 radical (unpaired) electrons. The van der Waals surface area contributed by atoms with Gasteiger partial charge >= 0.3 is 12.0 Å². The maximum Gasteiger partial charge on any atom is 0.338 e. The quantitative estimate of drug-likeness (QED) is 0.640. The van der Waals surface area contributed by atoms with E-state index in [4.69, 9.17) is 9.47 Å². The number of methoxy groups -OCH3 is 1. The van der Waals surface area contributed by atoms with Crippen LogP contribution in [0.4, 0.5) is 9.18 Å². The second-order valence-corrected chi connectivity index (χ2v) is 5.31. The van der Waals surface area contributed by atoms with Gasteiger partial charge in [-0.3, -0.25) is 4.90 Å². The summed E-state index contributed by atoms with van der Waals surface area (Å²) in [6.07, 6.45) is 0. The molecule has 24 heavy (non-hydrogen) atoms. The van der Waals surface area contributed by atoms with Crippen molar-refractivity contribution in [3.05, 3.63) is 46.9 Å². The number of halogens is 1. The fourth-order valence-corrected chi connectivity index (χ4v) is 2.66. The summed E-state index contributed by atoms with van der Waals surface area (Å²) < 4.78 is 23.6. The lowest BCUT2D eigenvalue weighted by molar-refractivity contribution is -0.140. The fourth-order valence-electron chi connectivity index (χ4n) is 2.66. The predicted molar refractivity (Wildman–Crippen MR) is 85.6 cm³/mol. The average molecular weight is 336 g/mol. The lowest BCUT2D eigenvalue weighted by atomic mass is 9.95. The first kappa shape index (κ1) is 17.9. The smallest absolute Gasteiger partial charge is 0.338 e. The molecule has 1 N–H and O–H groups in total. The van der Waals surface area contributed by atoms with E-state index >= 15 is 0 Å². The van der Waals surface area contributed by atoms with Gasteiger partial charge < -0.3 is 14.8 Å². The van der Waals surface area contributed by atoms with Gasteiger partial charge in [0.1, 0.15) is 12.4 Å². The lowest BCUT2D eigenvalue weighted by Gasteiger charge is -2.34. The zero-order valence-electron chi connectivity index (χ0n) is 14.0. The van der Waals surface area contributed by atoms with Gasteiger partial charge in [-0.25, -0.2) is 14.0 Å². The second kappa shape index (κ2) is 7.92. The van der Waals surface area contributed by atoms with E-state index in [9.17, 15) is 14.0 Å². The number of carbonyl (C=O) groups excluding carboxylic acids is 2. The summed E-state index contributed by atoms with van der Waals surface area (Å²) in [5, 5.41) is 2.74. The van der Waals surface area contributed by atoms with Crippen LogP contribution in [-0.4, -0.2) is 43.8 Å². The molecule has 1 atom stereocenters. The number of rotatable bonds is 6. The average Bonchev–Trinajstić information content (AvgIpc) is 2.54. The van der Waals surface area contributed by atoms with Crippen molar-refractivity contribution in [3.8, 4) is 0 Å². The predicted octanol–water partition coefficient (Wildman–Crippen LogP) is 2.38. The summed E-state index contributed by atoms with van der Waals surface area (Å²) in [5.74, 6) is -0.998. The van der Waals surface area contributed by atoms with E-state index in [1.54, 1.807) is 19.9 Å². The highest BCUT2D eigenvalue weighted by molar-refractivity contribution is 5.95. The highest BCUT2D eigenvalue weighted by Crippen LogP contribution is 2.31. The van der Waals surface area contributed by atoms with Crippen LogP contribution in [0.1, 0.15) is 25.5 Å². The second-order valence-electron chi connectivity index (χ2n) is 5.31. The summed E-state index contributed by atoms with van der Waals surface area (Å²) in [6, 6.07) is 4.70. The largest absolute Gasteiger partial charge is 0.460 e. The number of urea groups is 1. The minimum absolute atomic E-state index is 0.0993. The number of carbonyl (C=O) groups is 2. The molecule has 0 saturated carbocycles. The Hall–Kier alpha value is -2.41. The van der Waals surface area contributed by atoms with Gasteiger partial charge in [0.15, 0.2) is 0 Å². The Balaban J connectivity index is 2.41. The summed E-state index contributed by atoms with van der Waals surface area (Å²) >= 11 is 0. The van der Waals surface area contributed by atoms with Crippen LogP contribution in [0.3, 0.4) is 0 Å². The summed E-state index contributed by atoms with van der Waals surface area (Å²) in [5.41, 5.74) is 1.27. The molecular formula is C17H21FN2O4. The lowest BCUT2D eigenvalue weighted by Crippen LogP contribution is -2.48. The van der Waals surface area contributed by atoms with Gasteiger partial charge in [-0.1, -0.05) is 12.1 Å². The number of esters is 1. The number of hydrogen-bond donors (Lipinski definition) is 1. The zero-order chi connectivity index (χ0) is 17.7. The Morgan fingerprint density at radius 1 is 1.38 bits per heavy atom. The van der Waals surface area contributed by atoms with Crippen molar-refractivity contribution in [2.75, 3.05) is 26.9 Å². The van der Waals surface area contributed by atoms with Crippen molar-refractivity contribution in [3.63, 3.8) is 0 Å². The monoisotopic (exact) mass is 336 g/mol. The van der Waals surface area contributed by atoms with Crippen molar-refractivity contribution >= 4 is 12.0 Å². The molecule has 1 aliphatic heterocycles. The normalized spacial score (nSPS) is 17.8. The van der Waals surface area contributed by atoms with Crippen LogP contribution in [0.25, 0.3) is 0 Å². The van der Waals surface area contributed by atoms with Crippen molar-refractivity contribution < 1.29 is 23.5 Å². The molecule has 1 aromatic carbocycles. The molecule has 0 saturated heterocycles. The third-order valence-corrected chi connectivity index (χ3v) is 3.84. The molecule has 0 unspecified atom stereocenters. The van der Waals surface area contributed by atoms with E-state index in [1.807, 2.05) is 0 Å². The summed E-state index contributed by atoms with van der Waals surface area (Å²) in [4.78, 5) is 26.2. The van der Waals surface area contributed by atoms with Gasteiger partial charge in [0, 0.05) is 19.4 Å². The van der Waals surface area contributed by atoms with Crippen LogP contribution in [0.15, 0.2) is 35.5 Å². The summed E-state index contributed by atoms with van der Waals surface area (Å²) in [6.45, 7) is 4.26. The Kier molecular flexibility index (Phi) is 5.92. The van der Waals surface area contributed by atoms with E-state index in [1.165, 1.54) is 30.2 Å². The highest BCUT2D eigenvalue weighted by atomic mass is 19.1. The molecule has 2 amide bonds. The van der Waals surface area contributed by atoms with Gasteiger partial charge in [-0.2, -0.15) is 0 Å². The van der Waals surface area contributed by atoms with Crippen LogP contribution >= 0.6 is 0 Å². The molecule has 7 heteroatoms. The maximum atomic E-state index is 13.6. The summed E-state index contributed by atoms with van der Waals surface area (Å²) in [7, 11) is 1.51. The molecule has 0 bridgehead atoms. The molecule has 0 fully saturated rings. The molecule has 0 spiro atoms. The first-order chi connectivity index (χ1) is 11.5. The topological polar surface area (TPSA) is 67.9 Å². The first-order valence-corrected chi connectivity index (χ1v) is 7.69. The Morgan fingerprint density at radius 2 is 2.12 bits per heavy atom. The third-order valence-electron chi connectivity index (χ3n) is 3.84. The van der Waals surface area contributed by atoms with Gasteiger partial charge in [0.05, 0.1) is 18.2 Å².